The molecular weight excluding hydrogens is 403 g/mol. The van der Waals surface area contributed by atoms with Crippen molar-refractivity contribution >= 4 is 27.3 Å². The molecule has 0 unspecified atom stereocenters. The Bertz CT molecular complexity index is 1160. The molecule has 1 amide bonds. The van der Waals surface area contributed by atoms with Gasteiger partial charge in [-0.3, -0.25) is 9.10 Å². The van der Waals surface area contributed by atoms with E-state index in [4.69, 9.17) is 0 Å². The fraction of sp³-hybridized carbons (Fsp3) is 0.174. The van der Waals surface area contributed by atoms with Crippen molar-refractivity contribution in [1.29, 1.82) is 0 Å². The maximum absolute atomic E-state index is 14.0. The van der Waals surface area contributed by atoms with Crippen LogP contribution in [0.2, 0.25) is 0 Å². The molecule has 0 saturated carbocycles. The van der Waals surface area contributed by atoms with Gasteiger partial charge in [0, 0.05) is 18.3 Å². The van der Waals surface area contributed by atoms with Crippen molar-refractivity contribution in [3.63, 3.8) is 0 Å². The molecule has 0 aliphatic rings. The van der Waals surface area contributed by atoms with Crippen LogP contribution in [0.3, 0.4) is 0 Å². The average molecular weight is 427 g/mol. The Balaban J connectivity index is 1.84. The minimum absolute atomic E-state index is 0.0717. The van der Waals surface area contributed by atoms with Crippen LogP contribution in [-0.2, 0) is 10.0 Å². The van der Waals surface area contributed by atoms with Crippen LogP contribution < -0.4 is 9.62 Å². The van der Waals surface area contributed by atoms with Gasteiger partial charge in [-0.1, -0.05) is 44.2 Å². The van der Waals surface area contributed by atoms with Crippen molar-refractivity contribution in [2.45, 2.75) is 24.7 Å². The Morgan fingerprint density at radius 3 is 2.27 bits per heavy atom. The van der Waals surface area contributed by atoms with E-state index in [2.05, 4.69) is 19.2 Å². The maximum Gasteiger partial charge on any atom is 0.264 e. The maximum atomic E-state index is 14.0. The number of carbonyl (C=O) groups excluding carboxylic acids is 1. The molecule has 3 aromatic carbocycles. The minimum Gasteiger partial charge on any atom is -0.322 e. The zero-order valence-electron chi connectivity index (χ0n) is 17.0. The first kappa shape index (κ1) is 21.5. The zero-order chi connectivity index (χ0) is 21.9. The van der Waals surface area contributed by atoms with Gasteiger partial charge in [0.1, 0.15) is 5.82 Å². The normalized spacial score (nSPS) is 11.4. The first-order valence-electron chi connectivity index (χ1n) is 9.45. The van der Waals surface area contributed by atoms with Crippen LogP contribution in [0.15, 0.2) is 77.7 Å². The third-order valence-electron chi connectivity index (χ3n) is 4.78. The number of carbonyl (C=O) groups is 1. The zero-order valence-corrected chi connectivity index (χ0v) is 17.8. The summed E-state index contributed by atoms with van der Waals surface area (Å²) in [4.78, 5) is 12.5. The number of benzene rings is 3. The van der Waals surface area contributed by atoms with E-state index in [1.54, 1.807) is 18.2 Å². The Kier molecular flexibility index (Phi) is 6.22. The van der Waals surface area contributed by atoms with Gasteiger partial charge in [0.05, 0.1) is 10.6 Å². The summed E-state index contributed by atoms with van der Waals surface area (Å²) in [6, 6.07) is 18.8. The standard InChI is InChI=1S/C23H23FN2O3S/c1-16(2)17-11-13-19(14-12-17)25-23(27)18-7-6-8-20(15-18)30(28,29)26(3)22-10-5-4-9-21(22)24/h4-16H,1-3H3,(H,25,27). The van der Waals surface area contributed by atoms with Gasteiger partial charge in [-0.25, -0.2) is 12.8 Å². The summed E-state index contributed by atoms with van der Waals surface area (Å²) in [7, 11) is -2.77. The molecule has 0 aromatic heterocycles. The lowest BCUT2D eigenvalue weighted by Gasteiger charge is -2.20. The highest BCUT2D eigenvalue weighted by atomic mass is 32.2. The Morgan fingerprint density at radius 1 is 0.967 bits per heavy atom. The lowest BCUT2D eigenvalue weighted by Crippen LogP contribution is -2.27. The lowest BCUT2D eigenvalue weighted by molar-refractivity contribution is 0.102. The van der Waals surface area contributed by atoms with E-state index in [1.807, 2.05) is 12.1 Å². The number of halogens is 1. The van der Waals surface area contributed by atoms with E-state index in [0.29, 0.717) is 11.6 Å². The highest BCUT2D eigenvalue weighted by Gasteiger charge is 2.24. The summed E-state index contributed by atoms with van der Waals surface area (Å²) in [5, 5.41) is 2.77. The van der Waals surface area contributed by atoms with Gasteiger partial charge in [-0.2, -0.15) is 0 Å². The molecule has 0 heterocycles. The molecule has 0 fully saturated rings. The smallest absolute Gasteiger partial charge is 0.264 e. The second-order valence-corrected chi connectivity index (χ2v) is 9.15. The molecule has 5 nitrogen and oxygen atoms in total. The number of sulfonamides is 1. The number of rotatable bonds is 6. The fourth-order valence-corrected chi connectivity index (χ4v) is 4.20. The summed E-state index contributed by atoms with van der Waals surface area (Å²) in [5.74, 6) is -0.705. The average Bonchev–Trinajstić information content (AvgIpc) is 2.74. The molecule has 7 heteroatoms. The molecule has 0 saturated heterocycles. The van der Waals surface area contributed by atoms with E-state index in [-0.39, 0.29) is 16.1 Å². The van der Waals surface area contributed by atoms with Crippen LogP contribution in [-0.4, -0.2) is 21.4 Å². The van der Waals surface area contributed by atoms with E-state index in [9.17, 15) is 17.6 Å². The molecule has 0 atom stereocenters. The van der Waals surface area contributed by atoms with Gasteiger partial charge in [-0.05, 0) is 53.9 Å². The van der Waals surface area contributed by atoms with Crippen LogP contribution in [0.4, 0.5) is 15.8 Å². The summed E-state index contributed by atoms with van der Waals surface area (Å²) in [5.41, 5.74) is 1.88. The highest BCUT2D eigenvalue weighted by molar-refractivity contribution is 7.92. The lowest BCUT2D eigenvalue weighted by atomic mass is 10.0. The summed E-state index contributed by atoms with van der Waals surface area (Å²) in [6.07, 6.45) is 0. The van der Waals surface area contributed by atoms with Crippen LogP contribution >= 0.6 is 0 Å². The van der Waals surface area contributed by atoms with E-state index in [0.717, 1.165) is 9.87 Å². The van der Waals surface area contributed by atoms with Crippen molar-refractivity contribution in [3.05, 3.63) is 89.7 Å². The quantitative estimate of drug-likeness (QED) is 0.601. The number of para-hydroxylation sites is 1. The van der Waals surface area contributed by atoms with Crippen molar-refractivity contribution in [3.8, 4) is 0 Å². The highest BCUT2D eigenvalue weighted by Crippen LogP contribution is 2.25. The van der Waals surface area contributed by atoms with Gasteiger partial charge < -0.3 is 5.32 Å². The molecule has 0 spiro atoms. The van der Waals surface area contributed by atoms with Gasteiger partial charge >= 0.3 is 0 Å². The van der Waals surface area contributed by atoms with Crippen LogP contribution in [0.5, 0.6) is 0 Å². The second-order valence-electron chi connectivity index (χ2n) is 7.18. The van der Waals surface area contributed by atoms with E-state index < -0.39 is 21.7 Å². The predicted molar refractivity (Wildman–Crippen MR) is 117 cm³/mol. The third kappa shape index (κ3) is 4.52. The summed E-state index contributed by atoms with van der Waals surface area (Å²) >= 11 is 0. The van der Waals surface area contributed by atoms with Crippen LogP contribution in [0.1, 0.15) is 35.7 Å². The molecule has 0 radical (unpaired) electrons. The first-order chi connectivity index (χ1) is 14.2. The van der Waals surface area contributed by atoms with Crippen LogP contribution in [0, 0.1) is 5.82 Å². The molecule has 0 aliphatic carbocycles. The van der Waals surface area contributed by atoms with Crippen molar-refractivity contribution in [2.75, 3.05) is 16.7 Å². The van der Waals surface area contributed by atoms with Crippen LogP contribution in [0.25, 0.3) is 0 Å². The van der Waals surface area contributed by atoms with E-state index >= 15 is 0 Å². The molecule has 30 heavy (non-hydrogen) atoms. The van der Waals surface area contributed by atoms with Crippen molar-refractivity contribution < 1.29 is 17.6 Å². The largest absolute Gasteiger partial charge is 0.322 e. The topological polar surface area (TPSA) is 66.5 Å². The third-order valence-corrected chi connectivity index (χ3v) is 6.55. The fourth-order valence-electron chi connectivity index (χ4n) is 2.95. The Labute approximate surface area is 176 Å². The van der Waals surface area contributed by atoms with Crippen molar-refractivity contribution in [1.82, 2.24) is 0 Å². The number of hydrogen-bond acceptors (Lipinski definition) is 3. The number of amides is 1. The number of nitrogens with one attached hydrogen (secondary N) is 1. The summed E-state index contributed by atoms with van der Waals surface area (Å²) < 4.78 is 40.8. The second kappa shape index (κ2) is 8.67. The van der Waals surface area contributed by atoms with Crippen molar-refractivity contribution in [2.24, 2.45) is 0 Å². The molecule has 3 rings (SSSR count). The first-order valence-corrected chi connectivity index (χ1v) is 10.9. The SMILES string of the molecule is CC(C)c1ccc(NC(=O)c2cccc(S(=O)(=O)N(C)c3ccccc3F)c2)cc1. The molecule has 3 aromatic rings. The monoisotopic (exact) mass is 426 g/mol. The van der Waals surface area contributed by atoms with Gasteiger partial charge in [0.2, 0.25) is 0 Å². The Morgan fingerprint density at radius 2 is 1.63 bits per heavy atom. The van der Waals surface area contributed by atoms with E-state index in [1.165, 1.54) is 49.5 Å². The molecule has 1 N–H and O–H groups in total. The number of nitrogens with zero attached hydrogens (tertiary/aromatic N) is 1. The van der Waals surface area contributed by atoms with Gasteiger partial charge in [0.25, 0.3) is 15.9 Å². The number of hydrogen-bond donors (Lipinski definition) is 1. The summed E-state index contributed by atoms with van der Waals surface area (Å²) in [6.45, 7) is 4.16. The predicted octanol–water partition coefficient (Wildman–Crippen LogP) is 5.03. The minimum atomic E-state index is -4.05. The molecule has 156 valence electrons. The molecular formula is C23H23FN2O3S. The molecule has 0 bridgehead atoms. The van der Waals surface area contributed by atoms with Gasteiger partial charge in [0.15, 0.2) is 0 Å². The van der Waals surface area contributed by atoms with Gasteiger partial charge in [-0.15, -0.1) is 0 Å². The number of anilines is 2. The molecule has 0 aliphatic heterocycles. The Hall–Kier alpha value is -3.19.